The first kappa shape index (κ1) is 23.5. The van der Waals surface area contributed by atoms with Gasteiger partial charge in [-0.05, 0) is 49.1 Å². The monoisotopic (exact) mass is 437 g/mol. The van der Waals surface area contributed by atoms with Crippen molar-refractivity contribution in [3.63, 3.8) is 0 Å². The second-order valence-electron chi connectivity index (χ2n) is 8.48. The number of benzene rings is 2. The minimum atomic E-state index is -0.674. The number of hydrogen-bond donors (Lipinski definition) is 1. The van der Waals surface area contributed by atoms with Gasteiger partial charge in [0.05, 0.1) is 18.2 Å². The second-order valence-corrected chi connectivity index (χ2v) is 8.48. The van der Waals surface area contributed by atoms with Gasteiger partial charge in [0, 0.05) is 25.8 Å². The SMILES string of the molecule is COCCCN1C(=O)C(=O)/C(=C(\O)c2ccc(OCC(C)C)cc2)C1c1cccc(C)c1. The molecule has 1 heterocycles. The van der Waals surface area contributed by atoms with Gasteiger partial charge in [0.25, 0.3) is 11.7 Å². The Morgan fingerprint density at radius 3 is 2.47 bits per heavy atom. The van der Waals surface area contributed by atoms with Gasteiger partial charge in [-0.3, -0.25) is 9.59 Å². The van der Waals surface area contributed by atoms with E-state index in [0.717, 1.165) is 11.1 Å². The highest BCUT2D eigenvalue weighted by Gasteiger charge is 2.45. The van der Waals surface area contributed by atoms with E-state index >= 15 is 0 Å². The van der Waals surface area contributed by atoms with Gasteiger partial charge in [-0.1, -0.05) is 43.7 Å². The fourth-order valence-corrected chi connectivity index (χ4v) is 3.80. The van der Waals surface area contributed by atoms with Crippen molar-refractivity contribution in [3.05, 3.63) is 70.8 Å². The molecule has 2 aromatic carbocycles. The molecule has 6 heteroatoms. The van der Waals surface area contributed by atoms with Crippen LogP contribution < -0.4 is 4.74 Å². The summed E-state index contributed by atoms with van der Waals surface area (Å²) in [5.41, 5.74) is 2.37. The molecular weight excluding hydrogens is 406 g/mol. The lowest BCUT2D eigenvalue weighted by atomic mass is 9.94. The van der Waals surface area contributed by atoms with Crippen LogP contribution in [0.4, 0.5) is 0 Å². The Labute approximate surface area is 189 Å². The molecule has 3 rings (SSSR count). The molecule has 1 unspecified atom stereocenters. The third-order valence-corrected chi connectivity index (χ3v) is 5.36. The Balaban J connectivity index is 2.01. The van der Waals surface area contributed by atoms with E-state index in [2.05, 4.69) is 13.8 Å². The van der Waals surface area contributed by atoms with Crippen LogP contribution in [0.3, 0.4) is 0 Å². The van der Waals surface area contributed by atoms with Gasteiger partial charge in [0.1, 0.15) is 11.5 Å². The summed E-state index contributed by atoms with van der Waals surface area (Å²) in [6.07, 6.45) is 0.591. The fraction of sp³-hybridized carbons (Fsp3) is 0.385. The smallest absolute Gasteiger partial charge is 0.295 e. The third kappa shape index (κ3) is 5.19. The Morgan fingerprint density at radius 2 is 1.84 bits per heavy atom. The number of hydrogen-bond acceptors (Lipinski definition) is 5. The molecule has 0 spiro atoms. The van der Waals surface area contributed by atoms with Crippen LogP contribution in [-0.4, -0.2) is 48.6 Å². The van der Waals surface area contributed by atoms with Gasteiger partial charge in [0.2, 0.25) is 0 Å². The van der Waals surface area contributed by atoms with Gasteiger partial charge in [0.15, 0.2) is 0 Å². The molecule has 1 N–H and O–H groups in total. The maximum Gasteiger partial charge on any atom is 0.295 e. The van der Waals surface area contributed by atoms with E-state index in [4.69, 9.17) is 9.47 Å². The number of aryl methyl sites for hydroxylation is 1. The number of likely N-dealkylation sites (tertiary alicyclic amines) is 1. The first-order chi connectivity index (χ1) is 15.3. The van der Waals surface area contributed by atoms with Crippen LogP contribution in [0.15, 0.2) is 54.1 Å². The van der Waals surface area contributed by atoms with Crippen molar-refractivity contribution in [1.29, 1.82) is 0 Å². The highest BCUT2D eigenvalue weighted by atomic mass is 16.5. The average Bonchev–Trinajstić information content (AvgIpc) is 3.03. The van der Waals surface area contributed by atoms with Crippen molar-refractivity contribution in [2.24, 2.45) is 5.92 Å². The lowest BCUT2D eigenvalue weighted by Gasteiger charge is -2.25. The van der Waals surface area contributed by atoms with Crippen molar-refractivity contribution in [2.45, 2.75) is 33.2 Å². The molecule has 0 saturated carbocycles. The van der Waals surface area contributed by atoms with Gasteiger partial charge >= 0.3 is 0 Å². The zero-order chi connectivity index (χ0) is 23.3. The summed E-state index contributed by atoms with van der Waals surface area (Å²) < 4.78 is 10.8. The molecular formula is C26H31NO5. The molecule has 1 fully saturated rings. The number of methoxy groups -OCH3 is 1. The van der Waals surface area contributed by atoms with Crippen molar-refractivity contribution in [1.82, 2.24) is 4.90 Å². The Bertz CT molecular complexity index is 994. The molecule has 32 heavy (non-hydrogen) atoms. The Hall–Kier alpha value is -3.12. The standard InChI is InChI=1S/C26H31NO5/c1-17(2)16-32-21-11-9-19(10-12-21)24(28)22-23(20-8-5-7-18(3)15-20)27(13-6-14-31-4)26(30)25(22)29/h5,7-12,15,17,23,28H,6,13-14,16H2,1-4H3/b24-22-. The molecule has 1 aliphatic rings. The van der Waals surface area contributed by atoms with E-state index < -0.39 is 17.7 Å². The van der Waals surface area contributed by atoms with Crippen LogP contribution in [0.2, 0.25) is 0 Å². The lowest BCUT2D eigenvalue weighted by molar-refractivity contribution is -0.140. The van der Waals surface area contributed by atoms with Gasteiger partial charge in [-0.15, -0.1) is 0 Å². The fourth-order valence-electron chi connectivity index (χ4n) is 3.80. The maximum absolute atomic E-state index is 13.0. The lowest BCUT2D eigenvalue weighted by Crippen LogP contribution is -2.31. The van der Waals surface area contributed by atoms with E-state index in [9.17, 15) is 14.7 Å². The molecule has 1 saturated heterocycles. The summed E-state index contributed by atoms with van der Waals surface area (Å²) in [5, 5.41) is 11.1. The highest BCUT2D eigenvalue weighted by Crippen LogP contribution is 2.39. The summed E-state index contributed by atoms with van der Waals surface area (Å²) in [5.74, 6) is -0.380. The van der Waals surface area contributed by atoms with Crippen molar-refractivity contribution in [2.75, 3.05) is 26.9 Å². The number of nitrogens with zero attached hydrogens (tertiary/aromatic N) is 1. The van der Waals surface area contributed by atoms with Crippen LogP contribution in [0.25, 0.3) is 5.76 Å². The van der Waals surface area contributed by atoms with E-state index in [1.807, 2.05) is 31.2 Å². The highest BCUT2D eigenvalue weighted by molar-refractivity contribution is 6.46. The van der Waals surface area contributed by atoms with Crippen LogP contribution in [0.5, 0.6) is 5.75 Å². The summed E-state index contributed by atoms with van der Waals surface area (Å²) in [6, 6.07) is 13.9. The summed E-state index contributed by atoms with van der Waals surface area (Å²) in [6.45, 7) is 7.51. The minimum absolute atomic E-state index is 0.105. The number of aliphatic hydroxyl groups is 1. The van der Waals surface area contributed by atoms with Crippen LogP contribution >= 0.6 is 0 Å². The largest absolute Gasteiger partial charge is 0.507 e. The number of amides is 1. The molecule has 0 aromatic heterocycles. The molecule has 1 amide bonds. The molecule has 0 radical (unpaired) electrons. The molecule has 1 atom stereocenters. The van der Waals surface area contributed by atoms with E-state index in [0.29, 0.717) is 43.4 Å². The number of rotatable bonds is 9. The Kier molecular flexibility index (Phi) is 7.70. The maximum atomic E-state index is 13.0. The van der Waals surface area contributed by atoms with Crippen LogP contribution in [0.1, 0.15) is 43.0 Å². The minimum Gasteiger partial charge on any atom is -0.507 e. The van der Waals surface area contributed by atoms with Gasteiger partial charge < -0.3 is 19.5 Å². The molecule has 1 aliphatic heterocycles. The zero-order valence-corrected chi connectivity index (χ0v) is 19.1. The van der Waals surface area contributed by atoms with Gasteiger partial charge in [-0.2, -0.15) is 0 Å². The van der Waals surface area contributed by atoms with Crippen molar-refractivity contribution in [3.8, 4) is 5.75 Å². The van der Waals surface area contributed by atoms with Crippen LogP contribution in [0, 0.1) is 12.8 Å². The number of Topliss-reactive ketones (excluding diaryl/α,β-unsaturated/α-hetero) is 1. The predicted molar refractivity (Wildman–Crippen MR) is 123 cm³/mol. The zero-order valence-electron chi connectivity index (χ0n) is 19.1. The Morgan fingerprint density at radius 1 is 1.12 bits per heavy atom. The summed E-state index contributed by atoms with van der Waals surface area (Å²) >= 11 is 0. The molecule has 6 nitrogen and oxygen atoms in total. The van der Waals surface area contributed by atoms with Crippen molar-refractivity contribution < 1.29 is 24.2 Å². The number of ketones is 1. The molecule has 0 bridgehead atoms. The average molecular weight is 438 g/mol. The predicted octanol–water partition coefficient (Wildman–Crippen LogP) is 4.49. The number of carbonyl (C=O) groups is 2. The summed E-state index contributed by atoms with van der Waals surface area (Å²) in [7, 11) is 1.60. The van der Waals surface area contributed by atoms with E-state index in [-0.39, 0.29) is 11.3 Å². The molecule has 0 aliphatic carbocycles. The quantitative estimate of drug-likeness (QED) is 0.271. The second kappa shape index (κ2) is 10.5. The van der Waals surface area contributed by atoms with Crippen LogP contribution in [-0.2, 0) is 14.3 Å². The normalized spacial score (nSPS) is 17.9. The number of aliphatic hydroxyl groups excluding tert-OH is 1. The molecule has 2 aromatic rings. The number of ether oxygens (including phenoxy) is 2. The topological polar surface area (TPSA) is 76.1 Å². The molecule has 170 valence electrons. The summed E-state index contributed by atoms with van der Waals surface area (Å²) in [4.78, 5) is 27.4. The van der Waals surface area contributed by atoms with E-state index in [1.165, 1.54) is 4.90 Å². The van der Waals surface area contributed by atoms with Crippen molar-refractivity contribution >= 4 is 17.4 Å². The van der Waals surface area contributed by atoms with E-state index in [1.54, 1.807) is 31.4 Å². The third-order valence-electron chi connectivity index (χ3n) is 5.36. The number of carbonyl (C=O) groups excluding carboxylic acids is 2. The first-order valence-corrected chi connectivity index (χ1v) is 10.9. The van der Waals surface area contributed by atoms with Gasteiger partial charge in [-0.25, -0.2) is 0 Å². The first-order valence-electron chi connectivity index (χ1n) is 10.9.